The Balaban J connectivity index is 1.86. The van der Waals surface area contributed by atoms with E-state index in [0.717, 1.165) is 0 Å². The summed E-state index contributed by atoms with van der Waals surface area (Å²) in [6, 6.07) is 7.28. The van der Waals surface area contributed by atoms with Crippen molar-refractivity contribution in [1.82, 2.24) is 0 Å². The van der Waals surface area contributed by atoms with Crippen molar-refractivity contribution in [2.24, 2.45) is 5.41 Å². The van der Waals surface area contributed by atoms with Crippen LogP contribution in [0.4, 0.5) is 5.69 Å². The Bertz CT molecular complexity index is 574. The Labute approximate surface area is 110 Å². The van der Waals surface area contributed by atoms with Crippen LogP contribution in [-0.2, 0) is 9.53 Å². The highest BCUT2D eigenvalue weighted by Crippen LogP contribution is 2.37. The molecule has 0 bridgehead atoms. The first-order valence-corrected chi connectivity index (χ1v) is 5.83. The van der Waals surface area contributed by atoms with E-state index in [1.54, 1.807) is 25.2 Å². The number of hydrogen-bond acceptors (Lipinski definition) is 5. The van der Waals surface area contributed by atoms with Crippen molar-refractivity contribution in [3.8, 4) is 17.6 Å². The zero-order valence-electron chi connectivity index (χ0n) is 10.4. The lowest BCUT2D eigenvalue weighted by Gasteiger charge is -2.36. The van der Waals surface area contributed by atoms with Crippen molar-refractivity contribution in [3.63, 3.8) is 0 Å². The second-order valence-corrected chi connectivity index (χ2v) is 4.59. The highest BCUT2D eigenvalue weighted by Gasteiger charge is 2.48. The molecule has 2 aliphatic heterocycles. The molecule has 19 heavy (non-hydrogen) atoms. The number of anilines is 1. The zero-order chi connectivity index (χ0) is 13.5. The molecule has 1 saturated heterocycles. The summed E-state index contributed by atoms with van der Waals surface area (Å²) in [5.41, 5.74) is -0.388. The normalized spacial score (nSPS) is 18.3. The van der Waals surface area contributed by atoms with Crippen molar-refractivity contribution >= 4 is 11.6 Å². The van der Waals surface area contributed by atoms with Crippen LogP contribution in [0, 0.1) is 16.7 Å². The number of ether oxygens (including phenoxy) is 3. The van der Waals surface area contributed by atoms with Crippen LogP contribution in [0.1, 0.15) is 0 Å². The van der Waals surface area contributed by atoms with Gasteiger partial charge < -0.3 is 19.1 Å². The summed E-state index contributed by atoms with van der Waals surface area (Å²) >= 11 is 0. The van der Waals surface area contributed by atoms with Gasteiger partial charge in [-0.2, -0.15) is 5.26 Å². The fraction of sp³-hybridized carbons (Fsp3) is 0.385. The van der Waals surface area contributed by atoms with Crippen molar-refractivity contribution in [3.05, 3.63) is 18.2 Å². The molecule has 0 N–H and O–H groups in total. The molecule has 6 nitrogen and oxygen atoms in total. The van der Waals surface area contributed by atoms with Gasteiger partial charge in [0.15, 0.2) is 16.9 Å². The maximum Gasteiger partial charge on any atom is 0.252 e. The fourth-order valence-corrected chi connectivity index (χ4v) is 2.07. The predicted molar refractivity (Wildman–Crippen MR) is 64.8 cm³/mol. The average molecular weight is 260 g/mol. The van der Waals surface area contributed by atoms with Gasteiger partial charge in [0.25, 0.3) is 5.91 Å². The van der Waals surface area contributed by atoms with Crippen molar-refractivity contribution < 1.29 is 19.0 Å². The lowest BCUT2D eigenvalue weighted by atomic mass is 9.86. The van der Waals surface area contributed by atoms with Gasteiger partial charge in [0.1, 0.15) is 0 Å². The van der Waals surface area contributed by atoms with Crippen LogP contribution in [0.2, 0.25) is 0 Å². The highest BCUT2D eigenvalue weighted by molar-refractivity contribution is 6.00. The van der Waals surface area contributed by atoms with Gasteiger partial charge in [-0.05, 0) is 12.1 Å². The fourth-order valence-electron chi connectivity index (χ4n) is 2.07. The Kier molecular flexibility index (Phi) is 2.57. The van der Waals surface area contributed by atoms with Crippen LogP contribution in [0.15, 0.2) is 18.2 Å². The molecular weight excluding hydrogens is 248 g/mol. The topological polar surface area (TPSA) is 71.8 Å². The Morgan fingerprint density at radius 2 is 2.11 bits per heavy atom. The van der Waals surface area contributed by atoms with Gasteiger partial charge in [0.05, 0.1) is 19.3 Å². The number of nitrogens with zero attached hydrogens (tertiary/aromatic N) is 2. The van der Waals surface area contributed by atoms with Crippen LogP contribution < -0.4 is 14.4 Å². The summed E-state index contributed by atoms with van der Waals surface area (Å²) in [6.45, 7) is 0.487. The van der Waals surface area contributed by atoms with Crippen molar-refractivity contribution in [2.45, 2.75) is 0 Å². The number of carbonyl (C=O) groups excluding carboxylic acids is 1. The van der Waals surface area contributed by atoms with E-state index < -0.39 is 5.41 Å². The van der Waals surface area contributed by atoms with E-state index >= 15 is 0 Å². The molecule has 1 fully saturated rings. The maximum absolute atomic E-state index is 12.3. The van der Waals surface area contributed by atoms with E-state index in [0.29, 0.717) is 17.2 Å². The van der Waals surface area contributed by atoms with Crippen molar-refractivity contribution in [1.29, 1.82) is 5.26 Å². The number of fused-ring (bicyclic) bond motifs is 1. The molecular formula is C13H12N2O4. The van der Waals surface area contributed by atoms with Crippen LogP contribution in [0.3, 0.4) is 0 Å². The second-order valence-electron chi connectivity index (χ2n) is 4.59. The van der Waals surface area contributed by atoms with E-state index in [1.165, 1.54) is 4.90 Å². The minimum Gasteiger partial charge on any atom is -0.454 e. The van der Waals surface area contributed by atoms with E-state index in [2.05, 4.69) is 0 Å². The standard InChI is InChI=1S/C13H12N2O4/c1-15(12(16)13(5-14)6-17-7-13)9-2-3-10-11(4-9)19-8-18-10/h2-4H,6-8H2,1H3. The molecule has 98 valence electrons. The summed E-state index contributed by atoms with van der Waals surface area (Å²) in [7, 11) is 1.64. The monoisotopic (exact) mass is 260 g/mol. The minimum atomic E-state index is -1.05. The van der Waals surface area contributed by atoms with E-state index in [1.807, 2.05) is 6.07 Å². The maximum atomic E-state index is 12.3. The third-order valence-electron chi connectivity index (χ3n) is 3.37. The summed E-state index contributed by atoms with van der Waals surface area (Å²) in [5.74, 6) is 1.000. The number of nitriles is 1. The molecule has 0 spiro atoms. The zero-order valence-corrected chi connectivity index (χ0v) is 10.4. The first-order valence-electron chi connectivity index (χ1n) is 5.83. The molecule has 6 heteroatoms. The number of carbonyl (C=O) groups is 1. The average Bonchev–Trinajstić information content (AvgIpc) is 2.84. The quantitative estimate of drug-likeness (QED) is 0.790. The molecule has 2 aliphatic rings. The summed E-state index contributed by atoms with van der Waals surface area (Å²) in [4.78, 5) is 13.8. The summed E-state index contributed by atoms with van der Waals surface area (Å²) in [5, 5.41) is 9.14. The Morgan fingerprint density at radius 3 is 2.74 bits per heavy atom. The molecule has 1 aromatic carbocycles. The first-order chi connectivity index (χ1) is 9.16. The molecule has 0 atom stereocenters. The molecule has 0 aromatic heterocycles. The van der Waals surface area contributed by atoms with E-state index in [-0.39, 0.29) is 25.9 Å². The number of benzene rings is 1. The molecule has 0 unspecified atom stereocenters. The third kappa shape index (κ3) is 1.71. The van der Waals surface area contributed by atoms with Crippen LogP contribution in [0.25, 0.3) is 0 Å². The molecule has 1 aromatic rings. The molecule has 0 saturated carbocycles. The molecule has 0 aliphatic carbocycles. The van der Waals surface area contributed by atoms with Gasteiger partial charge >= 0.3 is 0 Å². The Morgan fingerprint density at radius 1 is 1.37 bits per heavy atom. The largest absolute Gasteiger partial charge is 0.454 e. The Hall–Kier alpha value is -2.26. The number of amides is 1. The highest BCUT2D eigenvalue weighted by atomic mass is 16.7. The third-order valence-corrected chi connectivity index (χ3v) is 3.37. The lowest BCUT2D eigenvalue weighted by molar-refractivity contribution is -0.146. The van der Waals surface area contributed by atoms with E-state index in [9.17, 15) is 4.79 Å². The van der Waals surface area contributed by atoms with Crippen molar-refractivity contribution in [2.75, 3.05) is 32.0 Å². The minimum absolute atomic E-state index is 0.150. The van der Waals surface area contributed by atoms with E-state index in [4.69, 9.17) is 19.5 Å². The SMILES string of the molecule is CN(C(=O)C1(C#N)COC1)c1ccc2c(c1)OCO2. The van der Waals surface area contributed by atoms with Crippen LogP contribution in [-0.4, -0.2) is 33.0 Å². The summed E-state index contributed by atoms with van der Waals surface area (Å²) < 4.78 is 15.5. The first kappa shape index (κ1) is 11.8. The predicted octanol–water partition coefficient (Wildman–Crippen LogP) is 0.918. The number of hydrogen-bond donors (Lipinski definition) is 0. The molecule has 3 rings (SSSR count). The number of rotatable bonds is 2. The molecule has 2 heterocycles. The smallest absolute Gasteiger partial charge is 0.252 e. The van der Waals surface area contributed by atoms with Crippen LogP contribution in [0.5, 0.6) is 11.5 Å². The summed E-state index contributed by atoms with van der Waals surface area (Å²) in [6.07, 6.45) is 0. The van der Waals surface area contributed by atoms with Gasteiger partial charge in [-0.15, -0.1) is 0 Å². The van der Waals surface area contributed by atoms with Gasteiger partial charge in [-0.1, -0.05) is 0 Å². The van der Waals surface area contributed by atoms with Gasteiger partial charge in [0, 0.05) is 18.8 Å². The van der Waals surface area contributed by atoms with Crippen LogP contribution >= 0.6 is 0 Å². The van der Waals surface area contributed by atoms with Gasteiger partial charge in [-0.25, -0.2) is 0 Å². The molecule has 1 amide bonds. The second kappa shape index (κ2) is 4.14. The lowest BCUT2D eigenvalue weighted by Crippen LogP contribution is -2.53. The van der Waals surface area contributed by atoms with Gasteiger partial charge in [-0.3, -0.25) is 4.79 Å². The van der Waals surface area contributed by atoms with Gasteiger partial charge in [0.2, 0.25) is 6.79 Å². The molecule has 0 radical (unpaired) electrons.